The molecule has 1 fully saturated rings. The minimum atomic E-state index is -3.53. The van der Waals surface area contributed by atoms with Crippen LogP contribution in [-0.2, 0) is 10.0 Å². The van der Waals surface area contributed by atoms with Gasteiger partial charge in [-0.2, -0.15) is 14.5 Å². The molecule has 7 nitrogen and oxygen atoms in total. The van der Waals surface area contributed by atoms with Crippen LogP contribution in [0.4, 0.5) is 0 Å². The van der Waals surface area contributed by atoms with Crippen molar-refractivity contribution in [1.29, 1.82) is 0 Å². The smallest absolute Gasteiger partial charge is 0.244 e. The van der Waals surface area contributed by atoms with E-state index in [-0.39, 0.29) is 5.92 Å². The maximum atomic E-state index is 13.3. The molecule has 1 saturated heterocycles. The third kappa shape index (κ3) is 3.10. The van der Waals surface area contributed by atoms with Crippen molar-refractivity contribution < 1.29 is 8.42 Å². The fraction of sp³-hybridized carbons (Fsp3) is 0.412. The second-order valence-corrected chi connectivity index (χ2v) is 9.84. The Morgan fingerprint density at radius 1 is 1.27 bits per heavy atom. The van der Waals surface area contributed by atoms with E-state index in [1.165, 1.54) is 11.3 Å². The number of aromatic nitrogens is 4. The number of aromatic amines is 2. The maximum absolute atomic E-state index is 13.3. The Kier molecular flexibility index (Phi) is 4.45. The third-order valence-corrected chi connectivity index (χ3v) is 7.99. The minimum Gasteiger partial charge on any atom is -0.282 e. The Balaban J connectivity index is 1.63. The van der Waals surface area contributed by atoms with Gasteiger partial charge < -0.3 is 0 Å². The second kappa shape index (κ2) is 6.64. The Hall–Kier alpha value is -1.97. The molecule has 1 aliphatic rings. The predicted molar refractivity (Wildman–Crippen MR) is 101 cm³/mol. The van der Waals surface area contributed by atoms with Crippen LogP contribution in [0.3, 0.4) is 0 Å². The first kappa shape index (κ1) is 17.4. The number of hydrogen-bond acceptors (Lipinski definition) is 5. The molecule has 2 N–H and O–H groups in total. The third-order valence-electron chi connectivity index (χ3n) is 4.79. The van der Waals surface area contributed by atoms with E-state index in [0.29, 0.717) is 18.0 Å². The maximum Gasteiger partial charge on any atom is 0.244 e. The number of rotatable bonds is 4. The van der Waals surface area contributed by atoms with E-state index in [0.717, 1.165) is 39.7 Å². The molecule has 0 saturated carbocycles. The molecular weight excluding hydrogens is 370 g/mol. The predicted octanol–water partition coefficient (Wildman–Crippen LogP) is 3.05. The van der Waals surface area contributed by atoms with Crippen LogP contribution in [-0.4, -0.2) is 46.2 Å². The zero-order valence-corrected chi connectivity index (χ0v) is 16.3. The Morgan fingerprint density at radius 3 is 2.81 bits per heavy atom. The summed E-state index contributed by atoms with van der Waals surface area (Å²) in [5, 5.41) is 14.1. The molecule has 26 heavy (non-hydrogen) atoms. The molecule has 0 spiro atoms. The van der Waals surface area contributed by atoms with Gasteiger partial charge in [0.15, 0.2) is 0 Å². The lowest BCUT2D eigenvalue weighted by Crippen LogP contribution is -2.39. The quantitative estimate of drug-likeness (QED) is 0.715. The first-order chi connectivity index (χ1) is 12.4. The Bertz CT molecular complexity index is 1000. The zero-order chi connectivity index (χ0) is 18.3. The van der Waals surface area contributed by atoms with E-state index in [1.807, 2.05) is 26.0 Å². The van der Waals surface area contributed by atoms with Gasteiger partial charge in [0.05, 0.1) is 9.77 Å². The average Bonchev–Trinajstić information content (AvgIpc) is 3.35. The standard InChI is InChI=1S/C17H21N5O2S2/c1-11-8-15(21-19-11)16-9-17(12(2)25-16)26(23,24)22-7-3-4-13(10-22)14-5-6-18-20-14/h5-6,8-9,13H,3-4,7,10H2,1-2H3,(H,18,20)(H,19,21). The topological polar surface area (TPSA) is 94.7 Å². The van der Waals surface area contributed by atoms with Gasteiger partial charge in [-0.1, -0.05) is 0 Å². The highest BCUT2D eigenvalue weighted by atomic mass is 32.2. The first-order valence-electron chi connectivity index (χ1n) is 8.57. The lowest BCUT2D eigenvalue weighted by atomic mass is 9.96. The zero-order valence-electron chi connectivity index (χ0n) is 14.7. The summed E-state index contributed by atoms with van der Waals surface area (Å²) in [6, 6.07) is 5.61. The highest BCUT2D eigenvalue weighted by Crippen LogP contribution is 2.36. The molecular formula is C17H21N5O2S2. The SMILES string of the molecule is Cc1cc(-c2cc(S(=O)(=O)N3CCCC(c4ccn[nH]4)C3)c(C)s2)n[nH]1. The number of thiophene rings is 1. The number of H-pyrrole nitrogens is 2. The van der Waals surface area contributed by atoms with Crippen molar-refractivity contribution in [2.75, 3.05) is 13.1 Å². The Morgan fingerprint density at radius 2 is 2.12 bits per heavy atom. The van der Waals surface area contributed by atoms with E-state index in [9.17, 15) is 8.42 Å². The van der Waals surface area contributed by atoms with Crippen molar-refractivity contribution in [2.45, 2.75) is 37.5 Å². The van der Waals surface area contributed by atoms with Gasteiger partial charge in [0.2, 0.25) is 10.0 Å². The van der Waals surface area contributed by atoms with Gasteiger partial charge in [0, 0.05) is 41.5 Å². The van der Waals surface area contributed by atoms with Crippen LogP contribution in [0.2, 0.25) is 0 Å². The highest BCUT2D eigenvalue weighted by molar-refractivity contribution is 7.89. The van der Waals surface area contributed by atoms with Gasteiger partial charge >= 0.3 is 0 Å². The first-order valence-corrected chi connectivity index (χ1v) is 10.8. The molecule has 1 atom stereocenters. The van der Waals surface area contributed by atoms with Gasteiger partial charge in [-0.25, -0.2) is 8.42 Å². The molecule has 0 radical (unpaired) electrons. The van der Waals surface area contributed by atoms with Crippen LogP contribution in [0.25, 0.3) is 10.6 Å². The van der Waals surface area contributed by atoms with Crippen molar-refractivity contribution in [1.82, 2.24) is 24.7 Å². The number of sulfonamides is 1. The molecule has 1 unspecified atom stereocenters. The number of piperidine rings is 1. The molecule has 4 heterocycles. The van der Waals surface area contributed by atoms with Crippen LogP contribution in [0.1, 0.15) is 35.0 Å². The summed E-state index contributed by atoms with van der Waals surface area (Å²) in [5.41, 5.74) is 2.74. The normalized spacial score (nSPS) is 19.1. The number of nitrogens with one attached hydrogen (secondary N) is 2. The molecule has 4 rings (SSSR count). The van der Waals surface area contributed by atoms with Crippen molar-refractivity contribution in [2.24, 2.45) is 0 Å². The largest absolute Gasteiger partial charge is 0.282 e. The van der Waals surface area contributed by atoms with Gasteiger partial charge in [-0.3, -0.25) is 10.2 Å². The molecule has 0 bridgehead atoms. The van der Waals surface area contributed by atoms with Crippen LogP contribution < -0.4 is 0 Å². The molecule has 0 aliphatic carbocycles. The molecule has 3 aromatic heterocycles. The van der Waals surface area contributed by atoms with Crippen molar-refractivity contribution >= 4 is 21.4 Å². The van der Waals surface area contributed by atoms with Gasteiger partial charge in [-0.15, -0.1) is 11.3 Å². The molecule has 0 aromatic carbocycles. The van der Waals surface area contributed by atoms with E-state index < -0.39 is 10.0 Å². The number of aryl methyl sites for hydroxylation is 2. The minimum absolute atomic E-state index is 0.161. The fourth-order valence-electron chi connectivity index (χ4n) is 3.44. The van der Waals surface area contributed by atoms with Gasteiger partial charge in [-0.05, 0) is 44.9 Å². The van der Waals surface area contributed by atoms with E-state index in [4.69, 9.17) is 0 Å². The van der Waals surface area contributed by atoms with Crippen LogP contribution in [0.15, 0.2) is 29.3 Å². The second-order valence-electron chi connectivity index (χ2n) is 6.68. The molecule has 9 heteroatoms. The highest BCUT2D eigenvalue weighted by Gasteiger charge is 2.33. The molecule has 138 valence electrons. The summed E-state index contributed by atoms with van der Waals surface area (Å²) < 4.78 is 28.1. The summed E-state index contributed by atoms with van der Waals surface area (Å²) in [5.74, 6) is 0.161. The van der Waals surface area contributed by atoms with Crippen LogP contribution >= 0.6 is 11.3 Å². The summed E-state index contributed by atoms with van der Waals surface area (Å²) in [4.78, 5) is 2.06. The number of nitrogens with zero attached hydrogens (tertiary/aromatic N) is 3. The molecule has 1 aliphatic heterocycles. The molecule has 3 aromatic rings. The fourth-order valence-corrected chi connectivity index (χ4v) is 6.48. The van der Waals surface area contributed by atoms with Crippen molar-refractivity contribution in [3.05, 3.63) is 40.7 Å². The summed E-state index contributed by atoms with van der Waals surface area (Å²) in [6.07, 6.45) is 3.52. The van der Waals surface area contributed by atoms with E-state index in [2.05, 4.69) is 20.4 Å². The van der Waals surface area contributed by atoms with Crippen LogP contribution in [0.5, 0.6) is 0 Å². The summed E-state index contributed by atoms with van der Waals surface area (Å²) in [6.45, 7) is 4.82. The molecule has 0 amide bonds. The van der Waals surface area contributed by atoms with E-state index in [1.54, 1.807) is 16.6 Å². The van der Waals surface area contributed by atoms with Gasteiger partial charge in [0.25, 0.3) is 0 Å². The Labute approximate surface area is 156 Å². The monoisotopic (exact) mass is 391 g/mol. The van der Waals surface area contributed by atoms with Crippen LogP contribution in [0, 0.1) is 13.8 Å². The van der Waals surface area contributed by atoms with Crippen molar-refractivity contribution in [3.8, 4) is 10.6 Å². The lowest BCUT2D eigenvalue weighted by molar-refractivity contribution is 0.312. The van der Waals surface area contributed by atoms with Crippen molar-refractivity contribution in [3.63, 3.8) is 0 Å². The average molecular weight is 392 g/mol. The van der Waals surface area contributed by atoms with E-state index >= 15 is 0 Å². The van der Waals surface area contributed by atoms with Gasteiger partial charge in [0.1, 0.15) is 5.69 Å². The lowest BCUT2D eigenvalue weighted by Gasteiger charge is -2.31. The summed E-state index contributed by atoms with van der Waals surface area (Å²) in [7, 11) is -3.53. The number of hydrogen-bond donors (Lipinski definition) is 2. The summed E-state index contributed by atoms with van der Waals surface area (Å²) >= 11 is 1.47.